The lowest BCUT2D eigenvalue weighted by atomic mass is 10.1. The second kappa shape index (κ2) is 5.09. The summed E-state index contributed by atoms with van der Waals surface area (Å²) in [4.78, 5) is 10.1. The number of carboxylic acids is 1. The quantitative estimate of drug-likeness (QED) is 0.524. The van der Waals surface area contributed by atoms with Crippen molar-refractivity contribution in [3.63, 3.8) is 0 Å². The number of carbonyl (C=O) groups is 1. The minimum Gasteiger partial charge on any atom is -0.481 e. The van der Waals surface area contributed by atoms with Gasteiger partial charge in [-0.25, -0.2) is 0 Å². The van der Waals surface area contributed by atoms with Crippen LogP contribution in [-0.4, -0.2) is 23.2 Å². The van der Waals surface area contributed by atoms with Crippen molar-refractivity contribution in [3.8, 4) is 0 Å². The van der Waals surface area contributed by atoms with Crippen LogP contribution in [0.3, 0.4) is 0 Å². The van der Waals surface area contributed by atoms with E-state index in [1.807, 2.05) is 6.92 Å². The summed E-state index contributed by atoms with van der Waals surface area (Å²) >= 11 is 0. The molecule has 0 aliphatic carbocycles. The van der Waals surface area contributed by atoms with Gasteiger partial charge in [-0.2, -0.15) is 0 Å². The summed E-state index contributed by atoms with van der Waals surface area (Å²) in [7, 11) is 0. The standard InChI is InChI=1S/C7H16N2O2/c1-5(8)2-3-6(9)4-7(10)11/h5-6H,2-4,8-9H2,1H3,(H,10,11). The molecule has 0 radical (unpaired) electrons. The van der Waals surface area contributed by atoms with Crippen LogP contribution in [0.2, 0.25) is 0 Å². The first-order valence-corrected chi connectivity index (χ1v) is 3.75. The van der Waals surface area contributed by atoms with E-state index in [-0.39, 0.29) is 18.5 Å². The summed E-state index contributed by atoms with van der Waals surface area (Å²) < 4.78 is 0. The van der Waals surface area contributed by atoms with Crippen LogP contribution in [0, 0.1) is 0 Å². The molecule has 0 aromatic carbocycles. The first-order valence-electron chi connectivity index (χ1n) is 3.75. The van der Waals surface area contributed by atoms with Gasteiger partial charge in [-0.3, -0.25) is 4.79 Å². The number of hydrogen-bond acceptors (Lipinski definition) is 3. The molecule has 5 N–H and O–H groups in total. The number of aliphatic carboxylic acids is 1. The smallest absolute Gasteiger partial charge is 0.304 e. The fourth-order valence-electron chi connectivity index (χ4n) is 0.803. The van der Waals surface area contributed by atoms with Gasteiger partial charge in [-0.15, -0.1) is 0 Å². The highest BCUT2D eigenvalue weighted by atomic mass is 16.4. The van der Waals surface area contributed by atoms with Crippen LogP contribution < -0.4 is 11.5 Å². The fourth-order valence-corrected chi connectivity index (χ4v) is 0.803. The van der Waals surface area contributed by atoms with Crippen LogP contribution >= 0.6 is 0 Å². The van der Waals surface area contributed by atoms with Crippen molar-refractivity contribution in [3.05, 3.63) is 0 Å². The molecule has 2 unspecified atom stereocenters. The van der Waals surface area contributed by atoms with Gasteiger partial charge >= 0.3 is 5.97 Å². The average molecular weight is 160 g/mol. The first-order chi connectivity index (χ1) is 5.02. The van der Waals surface area contributed by atoms with E-state index in [9.17, 15) is 4.79 Å². The van der Waals surface area contributed by atoms with Gasteiger partial charge in [0.25, 0.3) is 0 Å². The summed E-state index contributed by atoms with van der Waals surface area (Å²) in [5.41, 5.74) is 11.0. The van der Waals surface area contributed by atoms with Gasteiger partial charge < -0.3 is 16.6 Å². The topological polar surface area (TPSA) is 89.3 Å². The van der Waals surface area contributed by atoms with Gasteiger partial charge in [0.05, 0.1) is 6.42 Å². The van der Waals surface area contributed by atoms with E-state index in [2.05, 4.69) is 0 Å². The maximum absolute atomic E-state index is 10.1. The van der Waals surface area contributed by atoms with E-state index in [1.54, 1.807) is 0 Å². The second-order valence-corrected chi connectivity index (χ2v) is 2.91. The average Bonchev–Trinajstić information content (AvgIpc) is 1.82. The molecule has 0 heterocycles. The fraction of sp³-hybridized carbons (Fsp3) is 0.857. The molecule has 0 aromatic rings. The Morgan fingerprint density at radius 2 is 2.00 bits per heavy atom. The van der Waals surface area contributed by atoms with E-state index >= 15 is 0 Å². The van der Waals surface area contributed by atoms with Crippen LogP contribution in [0.5, 0.6) is 0 Å². The predicted molar refractivity (Wildman–Crippen MR) is 43.1 cm³/mol. The number of rotatable bonds is 5. The van der Waals surface area contributed by atoms with Crippen LogP contribution in [-0.2, 0) is 4.79 Å². The van der Waals surface area contributed by atoms with Crippen molar-refractivity contribution in [1.82, 2.24) is 0 Å². The lowest BCUT2D eigenvalue weighted by Crippen LogP contribution is -2.26. The number of carboxylic acid groups (broad SMARTS) is 1. The van der Waals surface area contributed by atoms with Crippen molar-refractivity contribution >= 4 is 5.97 Å². The van der Waals surface area contributed by atoms with Crippen molar-refractivity contribution in [2.45, 2.75) is 38.3 Å². The maximum atomic E-state index is 10.1. The Hall–Kier alpha value is -0.610. The molecule has 0 rings (SSSR count). The van der Waals surface area contributed by atoms with E-state index in [0.717, 1.165) is 6.42 Å². The van der Waals surface area contributed by atoms with Gasteiger partial charge in [0.2, 0.25) is 0 Å². The lowest BCUT2D eigenvalue weighted by Gasteiger charge is -2.09. The lowest BCUT2D eigenvalue weighted by molar-refractivity contribution is -0.137. The van der Waals surface area contributed by atoms with Crippen LogP contribution in [0.4, 0.5) is 0 Å². The molecule has 66 valence electrons. The molecule has 4 heteroatoms. The Kier molecular flexibility index (Phi) is 4.81. The van der Waals surface area contributed by atoms with Gasteiger partial charge in [0.1, 0.15) is 0 Å². The monoisotopic (exact) mass is 160 g/mol. The Morgan fingerprint density at radius 3 is 2.36 bits per heavy atom. The van der Waals surface area contributed by atoms with Crippen LogP contribution in [0.25, 0.3) is 0 Å². The zero-order valence-corrected chi connectivity index (χ0v) is 6.79. The van der Waals surface area contributed by atoms with Crippen LogP contribution in [0.15, 0.2) is 0 Å². The first kappa shape index (κ1) is 10.4. The second-order valence-electron chi connectivity index (χ2n) is 2.91. The number of nitrogens with two attached hydrogens (primary N) is 2. The van der Waals surface area contributed by atoms with Crippen LogP contribution in [0.1, 0.15) is 26.2 Å². The normalized spacial score (nSPS) is 15.9. The van der Waals surface area contributed by atoms with Crippen molar-refractivity contribution in [2.75, 3.05) is 0 Å². The molecule has 0 saturated heterocycles. The van der Waals surface area contributed by atoms with Gasteiger partial charge in [-0.1, -0.05) is 0 Å². The van der Waals surface area contributed by atoms with E-state index < -0.39 is 5.97 Å². The Morgan fingerprint density at radius 1 is 1.45 bits per heavy atom. The Balaban J connectivity index is 3.37. The van der Waals surface area contributed by atoms with E-state index in [1.165, 1.54) is 0 Å². The predicted octanol–water partition coefficient (Wildman–Crippen LogP) is -0.0842. The molecular formula is C7H16N2O2. The molecule has 0 aliphatic heterocycles. The summed E-state index contributed by atoms with van der Waals surface area (Å²) in [6, 6.07) is -0.145. The summed E-state index contributed by atoms with van der Waals surface area (Å²) in [6.45, 7) is 1.88. The highest BCUT2D eigenvalue weighted by molar-refractivity contribution is 5.67. The molecule has 4 nitrogen and oxygen atoms in total. The molecule has 0 bridgehead atoms. The third kappa shape index (κ3) is 7.29. The molecule has 0 aromatic heterocycles. The summed E-state index contributed by atoms with van der Waals surface area (Å²) in [5, 5.41) is 8.34. The maximum Gasteiger partial charge on any atom is 0.304 e. The minimum atomic E-state index is -0.845. The van der Waals surface area contributed by atoms with Gasteiger partial charge in [-0.05, 0) is 19.8 Å². The van der Waals surface area contributed by atoms with E-state index in [4.69, 9.17) is 16.6 Å². The van der Waals surface area contributed by atoms with Crippen molar-refractivity contribution in [2.24, 2.45) is 11.5 Å². The number of hydrogen-bond donors (Lipinski definition) is 3. The highest BCUT2D eigenvalue weighted by Gasteiger charge is 2.07. The molecule has 0 amide bonds. The molecule has 0 saturated carbocycles. The SMILES string of the molecule is CC(N)CCC(N)CC(=O)O. The molecule has 0 aliphatic rings. The zero-order valence-electron chi connectivity index (χ0n) is 6.79. The molecule has 11 heavy (non-hydrogen) atoms. The zero-order chi connectivity index (χ0) is 8.85. The summed E-state index contributed by atoms with van der Waals surface area (Å²) in [5.74, 6) is -0.845. The minimum absolute atomic E-state index is 0.0344. The van der Waals surface area contributed by atoms with Crippen molar-refractivity contribution in [1.29, 1.82) is 0 Å². The van der Waals surface area contributed by atoms with Crippen molar-refractivity contribution < 1.29 is 9.90 Å². The van der Waals surface area contributed by atoms with Gasteiger partial charge in [0, 0.05) is 12.1 Å². The molecule has 0 spiro atoms. The molecule has 0 fully saturated rings. The van der Waals surface area contributed by atoms with E-state index in [0.29, 0.717) is 6.42 Å². The molecule has 2 atom stereocenters. The largest absolute Gasteiger partial charge is 0.481 e. The highest BCUT2D eigenvalue weighted by Crippen LogP contribution is 2.00. The third-order valence-corrected chi connectivity index (χ3v) is 1.43. The molecular weight excluding hydrogens is 144 g/mol. The third-order valence-electron chi connectivity index (χ3n) is 1.43. The Labute approximate surface area is 66.6 Å². The summed E-state index contributed by atoms with van der Waals surface area (Å²) in [6.07, 6.45) is 1.51. The van der Waals surface area contributed by atoms with Gasteiger partial charge in [0.15, 0.2) is 0 Å². The Bertz CT molecular complexity index is 126.